The number of benzene rings is 2. The molecule has 1 saturated heterocycles. The summed E-state index contributed by atoms with van der Waals surface area (Å²) in [4.78, 5) is 46.2. The second-order valence-electron chi connectivity index (χ2n) is 6.98. The van der Waals surface area contributed by atoms with Crippen LogP contribution in [0.1, 0.15) is 28.8 Å². The molecular formula is C21H23N5O5. The van der Waals surface area contributed by atoms with Crippen LogP contribution in [-0.2, 0) is 20.8 Å². The molecule has 162 valence electrons. The molecule has 31 heavy (non-hydrogen) atoms. The van der Waals surface area contributed by atoms with Crippen LogP contribution in [0.25, 0.3) is 0 Å². The Balaban J connectivity index is 1.58. The lowest BCUT2D eigenvalue weighted by atomic mass is 10.1. The first kappa shape index (κ1) is 21.8. The van der Waals surface area contributed by atoms with Crippen LogP contribution in [0, 0.1) is 0 Å². The number of nitrogens with zero attached hydrogens (tertiary/aromatic N) is 2. The maximum absolute atomic E-state index is 12.6. The lowest BCUT2D eigenvalue weighted by Gasteiger charge is -2.22. The number of hydrogen-bond acceptors (Lipinski definition) is 7. The number of esters is 1. The number of ether oxygens (including phenoxy) is 1. The van der Waals surface area contributed by atoms with Gasteiger partial charge in [0.25, 0.3) is 0 Å². The van der Waals surface area contributed by atoms with Gasteiger partial charge in [0.2, 0.25) is 5.91 Å². The van der Waals surface area contributed by atoms with E-state index in [2.05, 4.69) is 9.83 Å². The molecule has 1 fully saturated rings. The van der Waals surface area contributed by atoms with Gasteiger partial charge in [-0.25, -0.2) is 14.6 Å². The largest absolute Gasteiger partial charge is 0.423 e. The van der Waals surface area contributed by atoms with Gasteiger partial charge in [-0.15, -0.1) is 0 Å². The Bertz CT molecular complexity index is 984. The fourth-order valence-electron chi connectivity index (χ4n) is 3.33. The molecule has 6 N–H and O–H groups in total. The predicted molar refractivity (Wildman–Crippen MR) is 112 cm³/mol. The molecule has 2 aromatic carbocycles. The smallest absolute Gasteiger partial charge is 0.347 e. The lowest BCUT2D eigenvalue weighted by Crippen LogP contribution is -2.42. The van der Waals surface area contributed by atoms with E-state index in [0.29, 0.717) is 36.4 Å². The third-order valence-electron chi connectivity index (χ3n) is 4.81. The van der Waals surface area contributed by atoms with Gasteiger partial charge >= 0.3 is 11.9 Å². The van der Waals surface area contributed by atoms with E-state index in [0.717, 1.165) is 5.56 Å². The van der Waals surface area contributed by atoms with E-state index in [-0.39, 0.29) is 18.3 Å². The molecule has 0 saturated carbocycles. The molecule has 0 radical (unpaired) electrons. The molecule has 0 aromatic heterocycles. The number of aliphatic imine (C=N–C) groups is 1. The van der Waals surface area contributed by atoms with E-state index in [1.54, 1.807) is 48.5 Å². The first-order valence-corrected chi connectivity index (χ1v) is 9.58. The molecule has 3 rings (SSSR count). The van der Waals surface area contributed by atoms with E-state index in [4.69, 9.17) is 22.1 Å². The van der Waals surface area contributed by atoms with Crippen molar-refractivity contribution in [1.29, 1.82) is 0 Å². The second-order valence-corrected chi connectivity index (χ2v) is 6.98. The Morgan fingerprint density at radius 1 is 1.03 bits per heavy atom. The standard InChI is InChI=1S/C21H23N5O5/c22-21(23)25-15-7-5-14(6-8-15)19(28)30-16-9-3-13(4-10-16)12-18(27)26-11-1-2-17(26)20(29)31-24/h3-10,17H,1-2,11-12,24H2,(H4,22,23,25)/t17-/m0/s1. The van der Waals surface area contributed by atoms with Gasteiger partial charge < -0.3 is 25.9 Å². The van der Waals surface area contributed by atoms with Crippen LogP contribution >= 0.6 is 0 Å². The highest BCUT2D eigenvalue weighted by Crippen LogP contribution is 2.21. The van der Waals surface area contributed by atoms with Gasteiger partial charge in [-0.2, -0.15) is 5.90 Å². The fraction of sp³-hybridized carbons (Fsp3) is 0.238. The molecule has 0 aliphatic carbocycles. The van der Waals surface area contributed by atoms with Gasteiger partial charge in [0.05, 0.1) is 17.7 Å². The zero-order valence-electron chi connectivity index (χ0n) is 16.7. The lowest BCUT2D eigenvalue weighted by molar-refractivity contribution is -0.153. The number of carbonyl (C=O) groups excluding carboxylic acids is 3. The van der Waals surface area contributed by atoms with Crippen LogP contribution in [-0.4, -0.2) is 41.3 Å². The van der Waals surface area contributed by atoms with Crippen LogP contribution in [0.15, 0.2) is 53.5 Å². The summed E-state index contributed by atoms with van der Waals surface area (Å²) in [5.74, 6) is 3.86. The van der Waals surface area contributed by atoms with E-state index in [1.165, 1.54) is 4.90 Å². The third kappa shape index (κ3) is 5.58. The van der Waals surface area contributed by atoms with Crippen molar-refractivity contribution in [2.75, 3.05) is 6.54 Å². The maximum Gasteiger partial charge on any atom is 0.347 e. The van der Waals surface area contributed by atoms with Crippen molar-refractivity contribution in [3.8, 4) is 5.75 Å². The SMILES string of the molecule is NOC(=O)[C@@H]1CCCN1C(=O)Cc1ccc(OC(=O)c2ccc(N=C(N)N)cc2)cc1. The summed E-state index contributed by atoms with van der Waals surface area (Å²) in [6.45, 7) is 0.482. The molecule has 2 aromatic rings. The van der Waals surface area contributed by atoms with Gasteiger partial charge in [-0.1, -0.05) is 12.1 Å². The first-order chi connectivity index (χ1) is 14.9. The zero-order chi connectivity index (χ0) is 22.4. The number of nitrogens with two attached hydrogens (primary N) is 3. The minimum absolute atomic E-state index is 0.0755. The minimum Gasteiger partial charge on any atom is -0.423 e. The highest BCUT2D eigenvalue weighted by molar-refractivity contribution is 5.91. The summed E-state index contributed by atoms with van der Waals surface area (Å²) in [5, 5.41) is 0. The van der Waals surface area contributed by atoms with Crippen LogP contribution < -0.4 is 22.1 Å². The average molecular weight is 425 g/mol. The molecular weight excluding hydrogens is 402 g/mol. The summed E-state index contributed by atoms with van der Waals surface area (Å²) < 4.78 is 5.35. The summed E-state index contributed by atoms with van der Waals surface area (Å²) in [6, 6.07) is 12.2. The molecule has 1 aliphatic heterocycles. The molecule has 10 heteroatoms. The zero-order valence-corrected chi connectivity index (χ0v) is 16.7. The molecule has 1 atom stereocenters. The quantitative estimate of drug-likeness (QED) is 0.201. The van der Waals surface area contributed by atoms with Crippen molar-refractivity contribution in [2.45, 2.75) is 25.3 Å². The topological polar surface area (TPSA) is 163 Å². The number of rotatable bonds is 6. The Hall–Kier alpha value is -3.92. The second kappa shape index (κ2) is 9.72. The highest BCUT2D eigenvalue weighted by Gasteiger charge is 2.34. The van der Waals surface area contributed by atoms with Crippen molar-refractivity contribution in [3.05, 3.63) is 59.7 Å². The summed E-state index contributed by atoms with van der Waals surface area (Å²) in [6.07, 6.45) is 1.35. The van der Waals surface area contributed by atoms with Gasteiger partial charge in [0.1, 0.15) is 11.8 Å². The molecule has 0 unspecified atom stereocenters. The number of hydrogen-bond donors (Lipinski definition) is 3. The van der Waals surface area contributed by atoms with Crippen molar-refractivity contribution >= 4 is 29.5 Å². The van der Waals surface area contributed by atoms with Crippen molar-refractivity contribution in [3.63, 3.8) is 0 Å². The molecule has 1 heterocycles. The Kier molecular flexibility index (Phi) is 6.83. The van der Waals surface area contributed by atoms with Gasteiger partial charge in [-0.05, 0) is 54.8 Å². The molecule has 1 amide bonds. The van der Waals surface area contributed by atoms with Gasteiger partial charge in [0.15, 0.2) is 5.96 Å². The third-order valence-corrected chi connectivity index (χ3v) is 4.81. The van der Waals surface area contributed by atoms with Gasteiger partial charge in [-0.3, -0.25) is 4.79 Å². The summed E-state index contributed by atoms with van der Waals surface area (Å²) in [5.41, 5.74) is 12.2. The van der Waals surface area contributed by atoms with Gasteiger partial charge in [0, 0.05) is 6.54 Å². The van der Waals surface area contributed by atoms with Crippen LogP contribution in [0.5, 0.6) is 5.75 Å². The number of amides is 1. The predicted octanol–water partition coefficient (Wildman–Crippen LogP) is 0.761. The monoisotopic (exact) mass is 425 g/mol. The van der Waals surface area contributed by atoms with Crippen molar-refractivity contribution < 1.29 is 24.0 Å². The Morgan fingerprint density at radius 3 is 2.32 bits per heavy atom. The van der Waals surface area contributed by atoms with Crippen LogP contribution in [0.4, 0.5) is 5.69 Å². The summed E-state index contributed by atoms with van der Waals surface area (Å²) in [7, 11) is 0. The fourth-order valence-corrected chi connectivity index (χ4v) is 3.33. The number of likely N-dealkylation sites (tertiary alicyclic amines) is 1. The Labute approximate surface area is 178 Å². The Morgan fingerprint density at radius 2 is 1.71 bits per heavy atom. The van der Waals surface area contributed by atoms with Crippen molar-refractivity contribution in [2.24, 2.45) is 22.4 Å². The van der Waals surface area contributed by atoms with E-state index in [9.17, 15) is 14.4 Å². The molecule has 1 aliphatic rings. The van der Waals surface area contributed by atoms with E-state index < -0.39 is 18.0 Å². The normalized spacial score (nSPS) is 15.3. The minimum atomic E-state index is -0.642. The number of carbonyl (C=O) groups is 3. The van der Waals surface area contributed by atoms with Crippen LogP contribution in [0.2, 0.25) is 0 Å². The molecule has 0 bridgehead atoms. The van der Waals surface area contributed by atoms with Crippen molar-refractivity contribution in [1.82, 2.24) is 4.90 Å². The molecule has 10 nitrogen and oxygen atoms in total. The summed E-state index contributed by atoms with van der Waals surface area (Å²) >= 11 is 0. The van der Waals surface area contributed by atoms with E-state index in [1.807, 2.05) is 0 Å². The van der Waals surface area contributed by atoms with E-state index >= 15 is 0 Å². The first-order valence-electron chi connectivity index (χ1n) is 9.58. The number of guanidine groups is 1. The maximum atomic E-state index is 12.6. The highest BCUT2D eigenvalue weighted by atomic mass is 16.7. The van der Waals surface area contributed by atoms with Crippen LogP contribution in [0.3, 0.4) is 0 Å². The average Bonchev–Trinajstić information content (AvgIpc) is 3.25. The molecule has 0 spiro atoms.